The molecule has 0 rings (SSSR count). The summed E-state index contributed by atoms with van der Waals surface area (Å²) < 4.78 is 0. The highest BCUT2D eigenvalue weighted by Crippen LogP contribution is 1.95. The summed E-state index contributed by atoms with van der Waals surface area (Å²) in [6, 6.07) is 0. The van der Waals surface area contributed by atoms with Crippen LogP contribution in [-0.4, -0.2) is 37.5 Å². The van der Waals surface area contributed by atoms with E-state index in [1.807, 2.05) is 6.08 Å². The molecule has 0 aliphatic carbocycles. The van der Waals surface area contributed by atoms with Gasteiger partial charge >= 0.3 is 0 Å². The third-order valence-corrected chi connectivity index (χ3v) is 2.55. The van der Waals surface area contributed by atoms with E-state index in [4.69, 9.17) is 0 Å². The van der Waals surface area contributed by atoms with Gasteiger partial charge in [0.05, 0.1) is 0 Å². The van der Waals surface area contributed by atoms with Crippen molar-refractivity contribution in [1.29, 1.82) is 0 Å². The molecular formula is C15H26N2O. The number of hydrogen-bond donors (Lipinski definition) is 1. The molecule has 0 atom stereocenters. The summed E-state index contributed by atoms with van der Waals surface area (Å²) in [5.74, 6) is -0.0595. The Kier molecular flexibility index (Phi) is 9.97. The molecule has 0 aromatic heterocycles. The van der Waals surface area contributed by atoms with Crippen LogP contribution in [0.2, 0.25) is 0 Å². The van der Waals surface area contributed by atoms with Gasteiger partial charge in [0.25, 0.3) is 0 Å². The van der Waals surface area contributed by atoms with E-state index in [1.54, 1.807) is 6.92 Å². The molecule has 1 amide bonds. The van der Waals surface area contributed by atoms with Crippen molar-refractivity contribution < 1.29 is 4.79 Å². The van der Waals surface area contributed by atoms with E-state index in [0.717, 1.165) is 32.4 Å². The molecule has 0 heterocycles. The highest BCUT2D eigenvalue weighted by atomic mass is 16.1. The van der Waals surface area contributed by atoms with Crippen LogP contribution in [0.25, 0.3) is 0 Å². The lowest BCUT2D eigenvalue weighted by atomic mass is 10.2. The Hall–Kier alpha value is -1.35. The van der Waals surface area contributed by atoms with Crippen LogP contribution in [0.15, 0.2) is 37.0 Å². The maximum absolute atomic E-state index is 11.2. The number of carbonyl (C=O) groups is 1. The average molecular weight is 250 g/mol. The smallest absolute Gasteiger partial charge is 0.246 e. The van der Waals surface area contributed by atoms with Gasteiger partial charge in [0, 0.05) is 18.7 Å². The molecule has 0 radical (unpaired) electrons. The lowest BCUT2D eigenvalue weighted by Crippen LogP contribution is -2.33. The van der Waals surface area contributed by atoms with Crippen molar-refractivity contribution in [3.63, 3.8) is 0 Å². The Balaban J connectivity index is 3.48. The van der Waals surface area contributed by atoms with Gasteiger partial charge in [0.1, 0.15) is 0 Å². The summed E-state index contributed by atoms with van der Waals surface area (Å²) in [6.07, 6.45) is 9.41. The molecule has 0 aromatic carbocycles. The second kappa shape index (κ2) is 10.8. The number of unbranched alkanes of at least 4 members (excludes halogenated alkanes) is 1. The Morgan fingerprint density at radius 2 is 2.06 bits per heavy atom. The van der Waals surface area contributed by atoms with Gasteiger partial charge in [-0.15, -0.1) is 6.58 Å². The molecule has 0 fully saturated rings. The summed E-state index contributed by atoms with van der Waals surface area (Å²) in [5.41, 5.74) is 0.560. The van der Waals surface area contributed by atoms with E-state index in [9.17, 15) is 4.79 Å². The average Bonchev–Trinajstić information content (AvgIpc) is 2.33. The van der Waals surface area contributed by atoms with Crippen LogP contribution in [-0.2, 0) is 4.79 Å². The number of carbonyl (C=O) groups excluding carboxylic acids is 1. The van der Waals surface area contributed by atoms with Crippen LogP contribution < -0.4 is 5.32 Å². The van der Waals surface area contributed by atoms with Crippen molar-refractivity contribution in [3.05, 3.63) is 37.0 Å². The Morgan fingerprint density at radius 3 is 2.67 bits per heavy atom. The monoisotopic (exact) mass is 250 g/mol. The lowest BCUT2D eigenvalue weighted by Gasteiger charge is -2.16. The topological polar surface area (TPSA) is 32.3 Å². The van der Waals surface area contributed by atoms with Crippen molar-refractivity contribution in [3.8, 4) is 0 Å². The third kappa shape index (κ3) is 9.85. The van der Waals surface area contributed by atoms with Gasteiger partial charge in [-0.2, -0.15) is 0 Å². The molecule has 1 N–H and O–H groups in total. The van der Waals surface area contributed by atoms with E-state index in [-0.39, 0.29) is 5.91 Å². The van der Waals surface area contributed by atoms with E-state index in [1.165, 1.54) is 0 Å². The Bertz CT molecular complexity index is 295. The molecule has 0 bridgehead atoms. The van der Waals surface area contributed by atoms with E-state index in [2.05, 4.69) is 42.6 Å². The quantitative estimate of drug-likeness (QED) is 0.367. The largest absolute Gasteiger partial charge is 0.351 e. The Labute approximate surface area is 111 Å². The zero-order chi connectivity index (χ0) is 13.8. The van der Waals surface area contributed by atoms with E-state index < -0.39 is 0 Å². The normalized spacial score (nSPS) is 10.8. The van der Waals surface area contributed by atoms with Gasteiger partial charge in [-0.05, 0) is 39.8 Å². The predicted molar refractivity (Wildman–Crippen MR) is 78.5 cm³/mol. The highest BCUT2D eigenvalue weighted by Gasteiger charge is 2.01. The highest BCUT2D eigenvalue weighted by molar-refractivity contribution is 5.92. The molecule has 102 valence electrons. The molecule has 0 spiro atoms. The molecule has 0 saturated carbocycles. The minimum Gasteiger partial charge on any atom is -0.351 e. The van der Waals surface area contributed by atoms with Crippen molar-refractivity contribution >= 4 is 5.91 Å². The van der Waals surface area contributed by atoms with Crippen LogP contribution >= 0.6 is 0 Å². The number of allylic oxidation sites excluding steroid dienone is 3. The van der Waals surface area contributed by atoms with Crippen molar-refractivity contribution in [2.24, 2.45) is 0 Å². The Morgan fingerprint density at radius 1 is 1.33 bits per heavy atom. The number of amides is 1. The predicted octanol–water partition coefficient (Wildman–Crippen LogP) is 2.52. The molecule has 3 nitrogen and oxygen atoms in total. The van der Waals surface area contributed by atoms with Crippen LogP contribution in [0.5, 0.6) is 0 Å². The number of nitrogens with zero attached hydrogens (tertiary/aromatic N) is 1. The summed E-state index contributed by atoms with van der Waals surface area (Å²) in [6.45, 7) is 11.6. The van der Waals surface area contributed by atoms with Crippen LogP contribution in [0, 0.1) is 0 Å². The van der Waals surface area contributed by atoms with Crippen LogP contribution in [0.4, 0.5) is 0 Å². The maximum Gasteiger partial charge on any atom is 0.246 e. The minimum absolute atomic E-state index is 0.0595. The summed E-state index contributed by atoms with van der Waals surface area (Å²) >= 11 is 0. The first kappa shape index (κ1) is 16.6. The third-order valence-electron chi connectivity index (χ3n) is 2.55. The van der Waals surface area contributed by atoms with Crippen LogP contribution in [0.1, 0.15) is 26.2 Å². The SMILES string of the molecule is C=CCC=CCCCN(C)CCNC(=O)C(=C)C. The maximum atomic E-state index is 11.2. The molecular weight excluding hydrogens is 224 g/mol. The van der Waals surface area contributed by atoms with Gasteiger partial charge in [0.2, 0.25) is 5.91 Å². The fraction of sp³-hybridized carbons (Fsp3) is 0.533. The zero-order valence-electron chi connectivity index (χ0n) is 11.7. The first-order valence-corrected chi connectivity index (χ1v) is 6.46. The van der Waals surface area contributed by atoms with Crippen LogP contribution in [0.3, 0.4) is 0 Å². The first-order valence-electron chi connectivity index (χ1n) is 6.46. The first-order chi connectivity index (χ1) is 8.57. The standard InChI is InChI=1S/C15H26N2O/c1-5-6-7-8-9-10-12-17(4)13-11-16-15(18)14(2)3/h5,7-8H,1-2,6,9-13H2,3-4H3,(H,16,18). The van der Waals surface area contributed by atoms with Gasteiger partial charge in [-0.3, -0.25) is 4.79 Å². The molecule has 0 aliphatic heterocycles. The molecule has 3 heteroatoms. The van der Waals surface area contributed by atoms with E-state index in [0.29, 0.717) is 12.1 Å². The second-order valence-corrected chi connectivity index (χ2v) is 4.48. The van der Waals surface area contributed by atoms with Crippen molar-refractivity contribution in [1.82, 2.24) is 10.2 Å². The number of nitrogens with one attached hydrogen (secondary N) is 1. The van der Waals surface area contributed by atoms with Gasteiger partial charge in [-0.25, -0.2) is 0 Å². The van der Waals surface area contributed by atoms with Crippen molar-refractivity contribution in [2.75, 3.05) is 26.7 Å². The van der Waals surface area contributed by atoms with Gasteiger partial charge < -0.3 is 10.2 Å². The zero-order valence-corrected chi connectivity index (χ0v) is 11.7. The minimum atomic E-state index is -0.0595. The number of likely N-dealkylation sites (N-methyl/N-ethyl adjacent to an activating group) is 1. The molecule has 0 saturated heterocycles. The molecule has 18 heavy (non-hydrogen) atoms. The summed E-state index contributed by atoms with van der Waals surface area (Å²) in [4.78, 5) is 13.5. The second-order valence-electron chi connectivity index (χ2n) is 4.48. The summed E-state index contributed by atoms with van der Waals surface area (Å²) in [7, 11) is 2.07. The van der Waals surface area contributed by atoms with Gasteiger partial charge in [0.15, 0.2) is 0 Å². The summed E-state index contributed by atoms with van der Waals surface area (Å²) in [5, 5.41) is 2.83. The molecule has 0 aliphatic rings. The number of hydrogen-bond acceptors (Lipinski definition) is 2. The fourth-order valence-corrected chi connectivity index (χ4v) is 1.41. The molecule has 0 aromatic rings. The van der Waals surface area contributed by atoms with E-state index >= 15 is 0 Å². The van der Waals surface area contributed by atoms with Crippen molar-refractivity contribution in [2.45, 2.75) is 26.2 Å². The number of rotatable bonds is 10. The lowest BCUT2D eigenvalue weighted by molar-refractivity contribution is -0.117. The molecule has 0 unspecified atom stereocenters. The fourth-order valence-electron chi connectivity index (χ4n) is 1.41. The van der Waals surface area contributed by atoms with Gasteiger partial charge in [-0.1, -0.05) is 24.8 Å².